The van der Waals surface area contributed by atoms with Gasteiger partial charge in [0.2, 0.25) is 5.91 Å². The first-order valence-electron chi connectivity index (χ1n) is 9.73. The molecule has 0 bridgehead atoms. The van der Waals surface area contributed by atoms with Crippen LogP contribution in [0, 0.1) is 5.92 Å². The normalized spacial score (nSPS) is 22.6. The molecule has 2 fully saturated rings. The quantitative estimate of drug-likeness (QED) is 0.821. The molecule has 0 spiro atoms. The highest BCUT2D eigenvalue weighted by molar-refractivity contribution is 5.93. The van der Waals surface area contributed by atoms with E-state index in [4.69, 9.17) is 4.42 Å². The Kier molecular flexibility index (Phi) is 3.98. The molecule has 0 N–H and O–H groups in total. The highest BCUT2D eigenvalue weighted by Gasteiger charge is 2.36. The molecule has 4 heterocycles. The number of amides is 2. The van der Waals surface area contributed by atoms with Crippen LogP contribution in [0.1, 0.15) is 53.6 Å². The Morgan fingerprint density at radius 2 is 1.96 bits per heavy atom. The SMILES string of the molecule is O=C(c1ccoc1)N1CCCC(c2nnc3n2CCN(C(=O)C2CC2)C3)C1. The zero-order valence-corrected chi connectivity index (χ0v) is 15.2. The lowest BCUT2D eigenvalue weighted by atomic mass is 9.96. The minimum Gasteiger partial charge on any atom is -0.472 e. The highest BCUT2D eigenvalue weighted by atomic mass is 16.3. The molecule has 2 amide bonds. The molecule has 0 radical (unpaired) electrons. The second-order valence-electron chi connectivity index (χ2n) is 7.76. The van der Waals surface area contributed by atoms with Crippen molar-refractivity contribution in [2.24, 2.45) is 5.92 Å². The fourth-order valence-electron chi connectivity index (χ4n) is 4.20. The Morgan fingerprint density at radius 3 is 2.74 bits per heavy atom. The van der Waals surface area contributed by atoms with Crippen LogP contribution in [0.4, 0.5) is 0 Å². The maximum atomic E-state index is 12.6. The zero-order chi connectivity index (χ0) is 18.4. The van der Waals surface area contributed by atoms with Gasteiger partial charge in [-0.05, 0) is 31.7 Å². The number of nitrogens with zero attached hydrogens (tertiary/aromatic N) is 5. The first kappa shape index (κ1) is 16.5. The van der Waals surface area contributed by atoms with Crippen LogP contribution < -0.4 is 0 Å². The van der Waals surface area contributed by atoms with E-state index in [2.05, 4.69) is 14.8 Å². The molecule has 8 heteroatoms. The summed E-state index contributed by atoms with van der Waals surface area (Å²) in [5.41, 5.74) is 0.591. The summed E-state index contributed by atoms with van der Waals surface area (Å²) in [6.07, 6.45) is 7.01. The van der Waals surface area contributed by atoms with Crippen LogP contribution >= 0.6 is 0 Å². The van der Waals surface area contributed by atoms with E-state index in [1.54, 1.807) is 6.07 Å². The lowest BCUT2D eigenvalue weighted by molar-refractivity contribution is -0.134. The molecular formula is C19H23N5O3. The standard InChI is InChI=1S/C19H23N5O3/c25-18(13-3-4-13)23-7-8-24-16(11-23)20-21-17(24)14-2-1-6-22(10-14)19(26)15-5-9-27-12-15/h5,9,12-14H,1-4,6-8,10-11H2. The van der Waals surface area contributed by atoms with E-state index in [0.29, 0.717) is 18.7 Å². The van der Waals surface area contributed by atoms with Gasteiger partial charge in [-0.2, -0.15) is 0 Å². The summed E-state index contributed by atoms with van der Waals surface area (Å²) in [4.78, 5) is 28.8. The Labute approximate surface area is 157 Å². The Balaban J connectivity index is 1.31. The number of carbonyl (C=O) groups excluding carboxylic acids is 2. The van der Waals surface area contributed by atoms with Crippen molar-refractivity contribution in [3.63, 3.8) is 0 Å². The van der Waals surface area contributed by atoms with Gasteiger partial charge in [-0.1, -0.05) is 0 Å². The molecule has 1 atom stereocenters. The number of hydrogen-bond acceptors (Lipinski definition) is 5. The molecule has 2 aromatic rings. The topological polar surface area (TPSA) is 84.5 Å². The molecule has 2 aromatic heterocycles. The number of aromatic nitrogens is 3. The van der Waals surface area contributed by atoms with Crippen molar-refractivity contribution in [2.45, 2.75) is 44.7 Å². The average Bonchev–Trinajstić information content (AvgIpc) is 3.24. The predicted molar refractivity (Wildman–Crippen MR) is 94.7 cm³/mol. The summed E-state index contributed by atoms with van der Waals surface area (Å²) in [5, 5.41) is 8.82. The van der Waals surface area contributed by atoms with Crippen molar-refractivity contribution in [1.29, 1.82) is 0 Å². The van der Waals surface area contributed by atoms with Gasteiger partial charge in [0.25, 0.3) is 5.91 Å². The summed E-state index contributed by atoms with van der Waals surface area (Å²) < 4.78 is 7.20. The van der Waals surface area contributed by atoms with Crippen molar-refractivity contribution in [2.75, 3.05) is 19.6 Å². The Hall–Kier alpha value is -2.64. The van der Waals surface area contributed by atoms with E-state index in [0.717, 1.165) is 57.0 Å². The van der Waals surface area contributed by atoms with Crippen LogP contribution in [0.25, 0.3) is 0 Å². The van der Waals surface area contributed by atoms with E-state index in [1.807, 2.05) is 9.80 Å². The Bertz CT molecular complexity index is 855. The van der Waals surface area contributed by atoms with Crippen LogP contribution in [-0.4, -0.2) is 56.0 Å². The van der Waals surface area contributed by atoms with Gasteiger partial charge in [0, 0.05) is 38.0 Å². The fraction of sp³-hybridized carbons (Fsp3) is 0.579. The fourth-order valence-corrected chi connectivity index (χ4v) is 4.20. The van der Waals surface area contributed by atoms with Crippen LogP contribution in [0.15, 0.2) is 23.0 Å². The van der Waals surface area contributed by atoms with Gasteiger partial charge in [-0.15, -0.1) is 10.2 Å². The zero-order valence-electron chi connectivity index (χ0n) is 15.2. The van der Waals surface area contributed by atoms with Crippen LogP contribution in [0.3, 0.4) is 0 Å². The smallest absolute Gasteiger partial charge is 0.257 e. The van der Waals surface area contributed by atoms with Gasteiger partial charge in [0.05, 0.1) is 18.4 Å². The monoisotopic (exact) mass is 369 g/mol. The first-order valence-corrected chi connectivity index (χ1v) is 9.73. The van der Waals surface area contributed by atoms with E-state index < -0.39 is 0 Å². The maximum absolute atomic E-state index is 12.6. The van der Waals surface area contributed by atoms with Gasteiger partial charge >= 0.3 is 0 Å². The van der Waals surface area contributed by atoms with Crippen molar-refractivity contribution in [3.05, 3.63) is 35.8 Å². The van der Waals surface area contributed by atoms with Crippen molar-refractivity contribution in [1.82, 2.24) is 24.6 Å². The summed E-state index contributed by atoms with van der Waals surface area (Å²) in [5.74, 6) is 2.51. The first-order chi connectivity index (χ1) is 13.2. The third-order valence-corrected chi connectivity index (χ3v) is 5.86. The minimum atomic E-state index is 0.00744. The maximum Gasteiger partial charge on any atom is 0.257 e. The van der Waals surface area contributed by atoms with Gasteiger partial charge in [0.1, 0.15) is 12.1 Å². The molecule has 8 nitrogen and oxygen atoms in total. The number of rotatable bonds is 3. The third-order valence-electron chi connectivity index (χ3n) is 5.86. The molecular weight excluding hydrogens is 346 g/mol. The number of carbonyl (C=O) groups is 2. The lowest BCUT2D eigenvalue weighted by Gasteiger charge is -2.33. The molecule has 27 heavy (non-hydrogen) atoms. The molecule has 1 unspecified atom stereocenters. The van der Waals surface area contributed by atoms with Gasteiger partial charge in [-0.25, -0.2) is 0 Å². The molecule has 2 aliphatic heterocycles. The van der Waals surface area contributed by atoms with Crippen LogP contribution in [0.2, 0.25) is 0 Å². The summed E-state index contributed by atoms with van der Waals surface area (Å²) >= 11 is 0. The minimum absolute atomic E-state index is 0.00744. The number of fused-ring (bicyclic) bond motifs is 1. The van der Waals surface area contributed by atoms with E-state index in [9.17, 15) is 9.59 Å². The second kappa shape index (κ2) is 6.51. The average molecular weight is 369 g/mol. The van der Waals surface area contributed by atoms with Gasteiger partial charge in [0.15, 0.2) is 5.82 Å². The van der Waals surface area contributed by atoms with Crippen molar-refractivity contribution < 1.29 is 14.0 Å². The molecule has 1 saturated heterocycles. The number of hydrogen-bond donors (Lipinski definition) is 0. The molecule has 1 aliphatic carbocycles. The number of furan rings is 1. The second-order valence-corrected chi connectivity index (χ2v) is 7.76. The molecule has 3 aliphatic rings. The summed E-state index contributed by atoms with van der Waals surface area (Å²) in [6.45, 7) is 3.41. The van der Waals surface area contributed by atoms with Crippen molar-refractivity contribution in [3.8, 4) is 0 Å². The van der Waals surface area contributed by atoms with Gasteiger partial charge < -0.3 is 18.8 Å². The highest BCUT2D eigenvalue weighted by Crippen LogP contribution is 2.33. The summed E-state index contributed by atoms with van der Waals surface area (Å²) in [7, 11) is 0. The third kappa shape index (κ3) is 3.02. The predicted octanol–water partition coefficient (Wildman–Crippen LogP) is 1.64. The molecule has 1 saturated carbocycles. The van der Waals surface area contributed by atoms with Gasteiger partial charge in [-0.3, -0.25) is 9.59 Å². The van der Waals surface area contributed by atoms with E-state index in [-0.39, 0.29) is 23.7 Å². The van der Waals surface area contributed by atoms with Crippen LogP contribution in [0.5, 0.6) is 0 Å². The lowest BCUT2D eigenvalue weighted by Crippen LogP contribution is -2.41. The Morgan fingerprint density at radius 1 is 1.07 bits per heavy atom. The van der Waals surface area contributed by atoms with E-state index in [1.165, 1.54) is 12.5 Å². The molecule has 5 rings (SSSR count). The van der Waals surface area contributed by atoms with Crippen LogP contribution in [-0.2, 0) is 17.9 Å². The van der Waals surface area contributed by atoms with Crippen molar-refractivity contribution >= 4 is 11.8 Å². The number of piperidine rings is 1. The summed E-state index contributed by atoms with van der Waals surface area (Å²) in [6, 6.07) is 1.70. The largest absolute Gasteiger partial charge is 0.472 e. The number of likely N-dealkylation sites (tertiary alicyclic amines) is 1. The molecule has 142 valence electrons. The molecule has 0 aromatic carbocycles. The van der Waals surface area contributed by atoms with E-state index >= 15 is 0 Å².